The van der Waals surface area contributed by atoms with E-state index in [-0.39, 0.29) is 12.3 Å². The van der Waals surface area contributed by atoms with Crippen LogP contribution in [0.1, 0.15) is 12.0 Å². The summed E-state index contributed by atoms with van der Waals surface area (Å²) in [6, 6.07) is 13.7. The van der Waals surface area contributed by atoms with E-state index in [4.69, 9.17) is 11.6 Å². The lowest BCUT2D eigenvalue weighted by atomic mass is 10.1. The van der Waals surface area contributed by atoms with E-state index in [2.05, 4.69) is 15.3 Å². The van der Waals surface area contributed by atoms with Crippen molar-refractivity contribution in [1.29, 1.82) is 0 Å². The molecule has 0 saturated carbocycles. The molecule has 1 amide bonds. The Kier molecular flexibility index (Phi) is 4.11. The number of hydrogen-bond acceptors (Lipinski definition) is 2. The highest BCUT2D eigenvalue weighted by molar-refractivity contribution is 6.19. The van der Waals surface area contributed by atoms with Gasteiger partial charge in [0.25, 0.3) is 0 Å². The molecule has 1 heterocycles. The molecule has 0 radical (unpaired) electrons. The zero-order chi connectivity index (χ0) is 15.5. The SMILES string of the molecule is Cc1cccc(-c2nc3ccccc3[nH]2)c1NC(=O)CCCl. The van der Waals surface area contributed by atoms with Gasteiger partial charge in [0.1, 0.15) is 5.82 Å². The molecule has 1 aromatic heterocycles. The van der Waals surface area contributed by atoms with Gasteiger partial charge in [-0.05, 0) is 30.7 Å². The Morgan fingerprint density at radius 2 is 2.05 bits per heavy atom. The Hall–Kier alpha value is -2.33. The number of rotatable bonds is 4. The second kappa shape index (κ2) is 6.20. The number of aromatic amines is 1. The van der Waals surface area contributed by atoms with Crippen LogP contribution < -0.4 is 5.32 Å². The Morgan fingerprint density at radius 1 is 1.23 bits per heavy atom. The van der Waals surface area contributed by atoms with E-state index >= 15 is 0 Å². The fourth-order valence-electron chi connectivity index (χ4n) is 2.40. The smallest absolute Gasteiger partial charge is 0.225 e. The standard InChI is InChI=1S/C17H16ClN3O/c1-11-5-4-6-12(16(11)21-15(22)9-10-18)17-19-13-7-2-3-8-14(13)20-17/h2-8H,9-10H2,1H3,(H,19,20)(H,21,22). The highest BCUT2D eigenvalue weighted by Gasteiger charge is 2.13. The lowest BCUT2D eigenvalue weighted by molar-refractivity contribution is -0.115. The molecule has 5 heteroatoms. The third-order valence-corrected chi connectivity index (χ3v) is 3.69. The third kappa shape index (κ3) is 2.83. The second-order valence-corrected chi connectivity index (χ2v) is 5.47. The molecule has 0 spiro atoms. The van der Waals surface area contributed by atoms with Crippen LogP contribution in [0.5, 0.6) is 0 Å². The van der Waals surface area contributed by atoms with Gasteiger partial charge in [-0.3, -0.25) is 4.79 Å². The van der Waals surface area contributed by atoms with Crippen LogP contribution in [-0.2, 0) is 4.79 Å². The highest BCUT2D eigenvalue weighted by Crippen LogP contribution is 2.30. The minimum atomic E-state index is -0.0957. The number of carbonyl (C=O) groups excluding carboxylic acids is 1. The van der Waals surface area contributed by atoms with Gasteiger partial charge in [0.15, 0.2) is 0 Å². The van der Waals surface area contributed by atoms with Gasteiger partial charge in [-0.25, -0.2) is 4.98 Å². The minimum Gasteiger partial charge on any atom is -0.338 e. The van der Waals surface area contributed by atoms with Gasteiger partial charge in [0.05, 0.1) is 16.7 Å². The first-order valence-electron chi connectivity index (χ1n) is 7.09. The van der Waals surface area contributed by atoms with Gasteiger partial charge in [-0.1, -0.05) is 24.3 Å². The molecular weight excluding hydrogens is 298 g/mol. The van der Waals surface area contributed by atoms with Crippen LogP contribution >= 0.6 is 11.6 Å². The van der Waals surface area contributed by atoms with Crippen LogP contribution in [0.3, 0.4) is 0 Å². The molecule has 4 nitrogen and oxygen atoms in total. The molecule has 0 fully saturated rings. The summed E-state index contributed by atoms with van der Waals surface area (Å²) in [6.07, 6.45) is 0.287. The van der Waals surface area contributed by atoms with Crippen molar-refractivity contribution in [3.63, 3.8) is 0 Å². The van der Waals surface area contributed by atoms with E-state index in [0.29, 0.717) is 5.88 Å². The van der Waals surface area contributed by atoms with E-state index in [1.54, 1.807) is 0 Å². The lowest BCUT2D eigenvalue weighted by Gasteiger charge is -2.12. The number of imidazole rings is 1. The average molecular weight is 314 g/mol. The summed E-state index contributed by atoms with van der Waals surface area (Å²) >= 11 is 5.63. The maximum atomic E-state index is 11.9. The summed E-state index contributed by atoms with van der Waals surface area (Å²) in [6.45, 7) is 1.96. The van der Waals surface area contributed by atoms with E-state index in [1.165, 1.54) is 0 Å². The van der Waals surface area contributed by atoms with Crippen LogP contribution in [0.4, 0.5) is 5.69 Å². The first-order chi connectivity index (χ1) is 10.7. The zero-order valence-electron chi connectivity index (χ0n) is 12.2. The molecule has 0 aliphatic heterocycles. The fourth-order valence-corrected chi connectivity index (χ4v) is 2.57. The molecule has 0 bridgehead atoms. The van der Waals surface area contributed by atoms with Crippen LogP contribution in [0.2, 0.25) is 0 Å². The molecule has 0 aliphatic rings. The first-order valence-corrected chi connectivity index (χ1v) is 7.63. The predicted octanol–water partition coefficient (Wildman–Crippen LogP) is 4.11. The van der Waals surface area contributed by atoms with Crippen molar-refractivity contribution in [1.82, 2.24) is 9.97 Å². The van der Waals surface area contributed by atoms with Crippen LogP contribution in [0.25, 0.3) is 22.4 Å². The minimum absolute atomic E-state index is 0.0957. The second-order valence-electron chi connectivity index (χ2n) is 5.09. The maximum Gasteiger partial charge on any atom is 0.225 e. The van der Waals surface area contributed by atoms with Gasteiger partial charge < -0.3 is 10.3 Å². The number of anilines is 1. The molecule has 0 aliphatic carbocycles. The number of fused-ring (bicyclic) bond motifs is 1. The van der Waals surface area contributed by atoms with Crippen LogP contribution in [0, 0.1) is 6.92 Å². The monoisotopic (exact) mass is 313 g/mol. The molecular formula is C17H16ClN3O. The Balaban J connectivity index is 2.06. The number of benzene rings is 2. The number of nitrogens with one attached hydrogen (secondary N) is 2. The molecule has 3 rings (SSSR count). The van der Waals surface area contributed by atoms with Crippen molar-refractivity contribution in [2.75, 3.05) is 11.2 Å². The average Bonchev–Trinajstić information content (AvgIpc) is 2.93. The maximum absolute atomic E-state index is 11.9. The number of para-hydroxylation sites is 3. The summed E-state index contributed by atoms with van der Waals surface area (Å²) in [5, 5.41) is 2.94. The van der Waals surface area contributed by atoms with Crippen molar-refractivity contribution >= 4 is 34.2 Å². The molecule has 2 N–H and O–H groups in total. The van der Waals surface area contributed by atoms with Crippen molar-refractivity contribution in [2.24, 2.45) is 0 Å². The Morgan fingerprint density at radius 3 is 2.82 bits per heavy atom. The van der Waals surface area contributed by atoms with Gasteiger partial charge in [0.2, 0.25) is 5.91 Å². The lowest BCUT2D eigenvalue weighted by Crippen LogP contribution is -2.13. The van der Waals surface area contributed by atoms with E-state index in [1.807, 2.05) is 49.4 Å². The van der Waals surface area contributed by atoms with E-state index in [0.717, 1.165) is 33.7 Å². The first kappa shape index (κ1) is 14.6. The summed E-state index contributed by atoms with van der Waals surface area (Å²) in [5.74, 6) is 0.949. The predicted molar refractivity (Wildman–Crippen MR) is 90.2 cm³/mol. The van der Waals surface area contributed by atoms with Crippen molar-refractivity contribution in [3.8, 4) is 11.4 Å². The fraction of sp³-hybridized carbons (Fsp3) is 0.176. The summed E-state index contributed by atoms with van der Waals surface area (Å²) in [5.41, 5.74) is 4.51. The van der Waals surface area contributed by atoms with E-state index < -0.39 is 0 Å². The number of hydrogen-bond donors (Lipinski definition) is 2. The number of alkyl halides is 1. The number of carbonyl (C=O) groups is 1. The summed E-state index contributed by atoms with van der Waals surface area (Å²) in [4.78, 5) is 19.8. The van der Waals surface area contributed by atoms with Gasteiger partial charge in [0, 0.05) is 17.9 Å². The topological polar surface area (TPSA) is 57.8 Å². The Labute approximate surface area is 133 Å². The highest BCUT2D eigenvalue weighted by atomic mass is 35.5. The molecule has 112 valence electrons. The van der Waals surface area contributed by atoms with Crippen molar-refractivity contribution in [3.05, 3.63) is 48.0 Å². The number of aryl methyl sites for hydroxylation is 1. The quantitative estimate of drug-likeness (QED) is 0.712. The molecule has 22 heavy (non-hydrogen) atoms. The van der Waals surface area contributed by atoms with Crippen molar-refractivity contribution in [2.45, 2.75) is 13.3 Å². The van der Waals surface area contributed by atoms with Gasteiger partial charge >= 0.3 is 0 Å². The number of nitrogens with zero attached hydrogens (tertiary/aromatic N) is 1. The van der Waals surface area contributed by atoms with Crippen molar-refractivity contribution < 1.29 is 4.79 Å². The zero-order valence-corrected chi connectivity index (χ0v) is 12.9. The molecule has 0 saturated heterocycles. The largest absolute Gasteiger partial charge is 0.338 e. The van der Waals surface area contributed by atoms with Gasteiger partial charge in [-0.2, -0.15) is 0 Å². The number of aromatic nitrogens is 2. The Bertz CT molecular complexity index is 793. The van der Waals surface area contributed by atoms with Crippen LogP contribution in [-0.4, -0.2) is 21.8 Å². The molecule has 0 unspecified atom stereocenters. The van der Waals surface area contributed by atoms with E-state index in [9.17, 15) is 4.79 Å². The van der Waals surface area contributed by atoms with Crippen LogP contribution in [0.15, 0.2) is 42.5 Å². The van der Waals surface area contributed by atoms with Gasteiger partial charge in [-0.15, -0.1) is 11.6 Å². The number of H-pyrrole nitrogens is 1. The molecule has 2 aromatic carbocycles. The normalized spacial score (nSPS) is 10.8. The summed E-state index contributed by atoms with van der Waals surface area (Å²) < 4.78 is 0. The number of halogens is 1. The number of amides is 1. The molecule has 3 aromatic rings. The summed E-state index contributed by atoms with van der Waals surface area (Å²) in [7, 11) is 0. The third-order valence-electron chi connectivity index (χ3n) is 3.50. The molecule has 0 atom stereocenters.